The van der Waals surface area contributed by atoms with Gasteiger partial charge in [-0.15, -0.1) is 0 Å². The van der Waals surface area contributed by atoms with Gasteiger partial charge in [-0.3, -0.25) is 4.79 Å². The van der Waals surface area contributed by atoms with E-state index in [4.69, 9.17) is 18.6 Å². The molecule has 1 saturated carbocycles. The second-order valence-corrected chi connectivity index (χ2v) is 19.7. The molecule has 8 atom stereocenters. The van der Waals surface area contributed by atoms with Crippen molar-refractivity contribution in [1.82, 2.24) is 5.32 Å². The lowest BCUT2D eigenvalue weighted by molar-refractivity contribution is -0.151. The summed E-state index contributed by atoms with van der Waals surface area (Å²) in [5.41, 5.74) is -1.31. The Bertz CT molecular complexity index is 1230. The number of aliphatic hydroxyl groups excluding tert-OH is 2. The molecule has 1 aliphatic heterocycles. The predicted molar refractivity (Wildman–Crippen MR) is 208 cm³/mol. The molecule has 0 bridgehead atoms. The molecule has 0 spiro atoms. The maximum Gasteiger partial charge on any atom is 0.407 e. The number of hydrogen-bond acceptors (Lipinski definition) is 9. The summed E-state index contributed by atoms with van der Waals surface area (Å²) in [5.74, 6) is 0.379. The number of unbranched alkanes of at least 4 members (excludes halogenated alkanes) is 1. The second kappa shape index (κ2) is 23.6. The van der Waals surface area contributed by atoms with Crippen LogP contribution >= 0.6 is 0 Å². The van der Waals surface area contributed by atoms with Gasteiger partial charge in [0.15, 0.2) is 8.32 Å². The van der Waals surface area contributed by atoms with E-state index in [9.17, 15) is 24.6 Å². The standard InChI is InChI=1S/C41H67NO9Si/c1-8-28-48-40(47)42-27-26-41(51-52(5,6)7,25-24-36-33(10-3)22-23-39(46)50-36)37(44)30-34(43)19-13-12-17-32-18-15-20-35(29-32)49-38(45)21-14-11-16-31(4)9-2/h8,12-13,17,19,22-25,31-37,43-44H,1,9-11,14-16,18,20-21,26-30H2,2-7H3,(H,42,47)/b17-12-,19-13-,25-24+/t31-,32+,33-,34-,35-,36-,37+,41-/m0/s1. The fourth-order valence-corrected chi connectivity index (χ4v) is 8.05. The third kappa shape index (κ3) is 17.7. The number of carbonyl (C=O) groups is 3. The molecule has 3 N–H and O–H groups in total. The number of nitrogens with one attached hydrogen (secondary N) is 1. The lowest BCUT2D eigenvalue weighted by atomic mass is 9.86. The lowest BCUT2D eigenvalue weighted by Gasteiger charge is -2.41. The molecular weight excluding hydrogens is 679 g/mol. The average Bonchev–Trinajstić information content (AvgIpc) is 3.09. The lowest BCUT2D eigenvalue weighted by Crippen LogP contribution is -2.52. The van der Waals surface area contributed by atoms with E-state index < -0.39 is 44.3 Å². The van der Waals surface area contributed by atoms with Crippen molar-refractivity contribution in [2.45, 2.75) is 147 Å². The van der Waals surface area contributed by atoms with Gasteiger partial charge in [-0.05, 0) is 82.5 Å². The number of esters is 2. The minimum Gasteiger partial charge on any atom is -0.462 e. The highest BCUT2D eigenvalue weighted by Gasteiger charge is 2.41. The van der Waals surface area contributed by atoms with Crippen molar-refractivity contribution in [1.29, 1.82) is 0 Å². The molecule has 0 aromatic carbocycles. The normalized spacial score (nSPS) is 24.0. The van der Waals surface area contributed by atoms with Crippen LogP contribution in [0.5, 0.6) is 0 Å². The monoisotopic (exact) mass is 745 g/mol. The fraction of sp³-hybridized carbons (Fsp3) is 0.683. The van der Waals surface area contributed by atoms with E-state index in [2.05, 4.69) is 31.8 Å². The van der Waals surface area contributed by atoms with Crippen LogP contribution in [0.3, 0.4) is 0 Å². The largest absolute Gasteiger partial charge is 0.462 e. The Labute approximate surface area is 313 Å². The first kappa shape index (κ1) is 45.2. The zero-order valence-electron chi connectivity index (χ0n) is 32.6. The third-order valence-electron chi connectivity index (χ3n) is 9.65. The minimum absolute atomic E-state index is 0.0412. The maximum atomic E-state index is 12.4. The van der Waals surface area contributed by atoms with Crippen molar-refractivity contribution in [2.24, 2.45) is 17.8 Å². The molecule has 1 fully saturated rings. The Morgan fingerprint density at radius 1 is 1.15 bits per heavy atom. The van der Waals surface area contributed by atoms with Gasteiger partial charge in [-0.25, -0.2) is 9.59 Å². The van der Waals surface area contributed by atoms with E-state index in [-0.39, 0.29) is 49.9 Å². The molecule has 0 radical (unpaired) electrons. The number of hydrogen-bond donors (Lipinski definition) is 3. The van der Waals surface area contributed by atoms with Gasteiger partial charge in [0, 0.05) is 31.4 Å². The van der Waals surface area contributed by atoms with Crippen LogP contribution in [0.4, 0.5) is 4.79 Å². The molecule has 0 aromatic rings. The van der Waals surface area contributed by atoms with Crippen molar-refractivity contribution < 1.29 is 43.2 Å². The number of alkyl carbamates (subject to hydrolysis) is 1. The SMILES string of the molecule is C=CCOC(=O)NCC[C@](/C=C/[C@@H]1OC(=O)C=C[C@@H]1CC)(O[Si](C)(C)C)[C@H](O)C[C@@H](O)/C=C\C=C/[C@@H]1CCC[C@H](OC(=O)CCCC[C@@H](C)CC)C1. The molecule has 2 aliphatic rings. The van der Waals surface area contributed by atoms with Crippen LogP contribution in [-0.2, 0) is 28.2 Å². The Morgan fingerprint density at radius 3 is 2.62 bits per heavy atom. The molecule has 294 valence electrons. The van der Waals surface area contributed by atoms with Crippen molar-refractivity contribution in [3.63, 3.8) is 0 Å². The highest BCUT2D eigenvalue weighted by Crippen LogP contribution is 2.32. The average molecular weight is 746 g/mol. The summed E-state index contributed by atoms with van der Waals surface area (Å²) >= 11 is 0. The summed E-state index contributed by atoms with van der Waals surface area (Å²) in [4.78, 5) is 36.7. The van der Waals surface area contributed by atoms with Crippen LogP contribution < -0.4 is 5.32 Å². The van der Waals surface area contributed by atoms with Crippen molar-refractivity contribution in [3.8, 4) is 0 Å². The fourth-order valence-electron chi connectivity index (χ4n) is 6.60. The van der Waals surface area contributed by atoms with Crippen molar-refractivity contribution in [2.75, 3.05) is 13.2 Å². The van der Waals surface area contributed by atoms with E-state index in [0.29, 0.717) is 12.3 Å². The van der Waals surface area contributed by atoms with Crippen LogP contribution in [0.15, 0.2) is 61.3 Å². The van der Waals surface area contributed by atoms with Gasteiger partial charge in [0.2, 0.25) is 0 Å². The van der Waals surface area contributed by atoms with Crippen LogP contribution in [0, 0.1) is 17.8 Å². The first-order chi connectivity index (χ1) is 24.7. The topological polar surface area (TPSA) is 141 Å². The smallest absolute Gasteiger partial charge is 0.407 e. The number of rotatable bonds is 23. The van der Waals surface area contributed by atoms with E-state index in [1.807, 2.05) is 38.7 Å². The van der Waals surface area contributed by atoms with Gasteiger partial charge >= 0.3 is 18.0 Å². The number of cyclic esters (lactones) is 1. The molecule has 52 heavy (non-hydrogen) atoms. The quantitative estimate of drug-likeness (QED) is 0.0238. The van der Waals surface area contributed by atoms with Gasteiger partial charge < -0.3 is 34.2 Å². The number of allylic oxidation sites excluding steroid dienone is 3. The summed E-state index contributed by atoms with van der Waals surface area (Å²) < 4.78 is 23.1. The molecule has 1 aliphatic carbocycles. The van der Waals surface area contributed by atoms with Gasteiger partial charge in [0.05, 0.1) is 12.2 Å². The molecule has 10 nitrogen and oxygen atoms in total. The van der Waals surface area contributed by atoms with E-state index in [1.54, 1.807) is 24.3 Å². The number of ether oxygens (including phenoxy) is 3. The summed E-state index contributed by atoms with van der Waals surface area (Å²) in [7, 11) is -2.34. The molecule has 11 heteroatoms. The first-order valence-electron chi connectivity index (χ1n) is 19.4. The second-order valence-electron chi connectivity index (χ2n) is 15.3. The Morgan fingerprint density at radius 2 is 1.92 bits per heavy atom. The van der Waals surface area contributed by atoms with E-state index >= 15 is 0 Å². The maximum absolute atomic E-state index is 12.4. The summed E-state index contributed by atoms with van der Waals surface area (Å²) in [6, 6.07) is 0. The number of amides is 1. The predicted octanol–water partition coefficient (Wildman–Crippen LogP) is 7.88. The van der Waals surface area contributed by atoms with Gasteiger partial charge in [0.25, 0.3) is 0 Å². The van der Waals surface area contributed by atoms with Crippen molar-refractivity contribution in [3.05, 3.63) is 61.3 Å². The summed E-state index contributed by atoms with van der Waals surface area (Å²) in [6.07, 6.45) is 21.5. The highest BCUT2D eigenvalue weighted by atomic mass is 28.4. The number of aliphatic hydroxyl groups is 2. The van der Waals surface area contributed by atoms with Gasteiger partial charge in [-0.1, -0.05) is 89.1 Å². The highest BCUT2D eigenvalue weighted by molar-refractivity contribution is 6.69. The molecule has 0 saturated heterocycles. The Hall–Kier alpha value is -2.99. The van der Waals surface area contributed by atoms with Crippen molar-refractivity contribution >= 4 is 26.3 Å². The third-order valence-corrected chi connectivity index (χ3v) is 10.6. The van der Waals surface area contributed by atoms with Crippen LogP contribution in [0.25, 0.3) is 0 Å². The Balaban J connectivity index is 2.10. The zero-order chi connectivity index (χ0) is 38.6. The van der Waals surface area contributed by atoms with Crippen LogP contribution in [0.1, 0.15) is 97.8 Å². The van der Waals surface area contributed by atoms with E-state index in [1.165, 1.54) is 18.6 Å². The van der Waals surface area contributed by atoms with Gasteiger partial charge in [0.1, 0.15) is 24.4 Å². The van der Waals surface area contributed by atoms with E-state index in [0.717, 1.165) is 51.4 Å². The summed E-state index contributed by atoms with van der Waals surface area (Å²) in [6.45, 7) is 16.2. The molecule has 2 rings (SSSR count). The zero-order valence-corrected chi connectivity index (χ0v) is 33.6. The van der Waals surface area contributed by atoms with Crippen LogP contribution in [-0.4, -0.2) is 79.7 Å². The minimum atomic E-state index is -2.34. The number of carbonyl (C=O) groups excluding carboxylic acids is 3. The first-order valence-corrected chi connectivity index (χ1v) is 22.8. The molecule has 0 unspecified atom stereocenters. The molecule has 1 heterocycles. The molecule has 1 amide bonds. The summed E-state index contributed by atoms with van der Waals surface area (Å²) in [5, 5.41) is 25.5. The van der Waals surface area contributed by atoms with Gasteiger partial charge in [-0.2, -0.15) is 0 Å². The molecular formula is C41H67NO9Si. The van der Waals surface area contributed by atoms with Crippen LogP contribution in [0.2, 0.25) is 19.6 Å². The molecule has 0 aromatic heterocycles. The Kier molecular flexibility index (Phi) is 20.5.